The fourth-order valence-electron chi connectivity index (χ4n) is 2.27. The van der Waals surface area contributed by atoms with Crippen molar-refractivity contribution in [2.45, 2.75) is 40.0 Å². The van der Waals surface area contributed by atoms with Gasteiger partial charge in [-0.3, -0.25) is 9.59 Å². The van der Waals surface area contributed by atoms with Crippen LogP contribution in [0.15, 0.2) is 42.5 Å². The lowest BCUT2D eigenvalue weighted by atomic mass is 9.86. The van der Waals surface area contributed by atoms with E-state index in [1.54, 1.807) is 30.3 Å². The highest BCUT2D eigenvalue weighted by Gasteiger charge is 2.18. The molecule has 0 fully saturated rings. The van der Waals surface area contributed by atoms with Gasteiger partial charge in [0.25, 0.3) is 0 Å². The Hall–Kier alpha value is -2.42. The number of rotatable bonds is 4. The minimum Gasteiger partial charge on any atom is -0.457 e. The molecule has 0 heterocycles. The maximum Gasteiger partial charge on any atom is 0.163 e. The maximum atomic E-state index is 11.9. The van der Waals surface area contributed by atoms with Crippen molar-refractivity contribution in [3.8, 4) is 11.5 Å². The number of benzene rings is 2. The van der Waals surface area contributed by atoms with E-state index < -0.39 is 0 Å². The zero-order chi connectivity index (χ0) is 17.2. The number of hydrogen-bond donors (Lipinski definition) is 0. The average molecular weight is 310 g/mol. The third kappa shape index (κ3) is 4.07. The van der Waals surface area contributed by atoms with Crippen molar-refractivity contribution in [2.24, 2.45) is 0 Å². The maximum absolute atomic E-state index is 11.9. The number of Topliss-reactive ketones (excluding diaryl/α,β-unsaturated/α-hetero) is 2. The molecule has 120 valence electrons. The quantitative estimate of drug-likeness (QED) is 0.731. The van der Waals surface area contributed by atoms with Crippen LogP contribution < -0.4 is 4.74 Å². The molecule has 0 unspecified atom stereocenters. The van der Waals surface area contributed by atoms with Crippen LogP contribution in [0.2, 0.25) is 0 Å². The van der Waals surface area contributed by atoms with Crippen LogP contribution in [0.25, 0.3) is 0 Å². The van der Waals surface area contributed by atoms with Crippen LogP contribution in [0.1, 0.15) is 60.9 Å². The first-order valence-electron chi connectivity index (χ1n) is 7.63. The summed E-state index contributed by atoms with van der Waals surface area (Å²) in [6.45, 7) is 9.35. The molecular weight excluding hydrogens is 288 g/mol. The molecular formula is C20H22O3. The second-order valence-electron chi connectivity index (χ2n) is 6.70. The second-order valence-corrected chi connectivity index (χ2v) is 6.70. The monoisotopic (exact) mass is 310 g/mol. The lowest BCUT2D eigenvalue weighted by Crippen LogP contribution is -2.12. The van der Waals surface area contributed by atoms with Gasteiger partial charge < -0.3 is 4.74 Å². The number of carbonyl (C=O) groups excluding carboxylic acids is 2. The summed E-state index contributed by atoms with van der Waals surface area (Å²) in [5.41, 5.74) is 2.15. The van der Waals surface area contributed by atoms with Gasteiger partial charge >= 0.3 is 0 Å². The van der Waals surface area contributed by atoms with Crippen molar-refractivity contribution in [3.63, 3.8) is 0 Å². The predicted molar refractivity (Wildman–Crippen MR) is 91.7 cm³/mol. The Morgan fingerprint density at radius 2 is 1.61 bits per heavy atom. The van der Waals surface area contributed by atoms with Crippen LogP contribution in [0.5, 0.6) is 11.5 Å². The lowest BCUT2D eigenvalue weighted by Gasteiger charge is -2.21. The van der Waals surface area contributed by atoms with Gasteiger partial charge in [-0.15, -0.1) is 0 Å². The summed E-state index contributed by atoms with van der Waals surface area (Å²) >= 11 is 0. The molecule has 2 aromatic rings. The average Bonchev–Trinajstić information content (AvgIpc) is 2.46. The van der Waals surface area contributed by atoms with E-state index in [-0.39, 0.29) is 17.0 Å². The smallest absolute Gasteiger partial charge is 0.163 e. The molecule has 0 aliphatic carbocycles. The first kappa shape index (κ1) is 16.9. The van der Waals surface area contributed by atoms with Crippen LogP contribution in [0, 0.1) is 0 Å². The molecule has 0 saturated carbocycles. The SMILES string of the molecule is CC(=O)c1cccc(Oc2cc(C(C)(C)C)ccc2C(C)=O)c1. The van der Waals surface area contributed by atoms with Gasteiger partial charge in [0.2, 0.25) is 0 Å². The minimum absolute atomic E-state index is 0.0225. The Labute approximate surface area is 137 Å². The lowest BCUT2D eigenvalue weighted by molar-refractivity contribution is 0.100. The first-order chi connectivity index (χ1) is 10.7. The summed E-state index contributed by atoms with van der Waals surface area (Å²) in [7, 11) is 0. The molecule has 0 amide bonds. The number of ether oxygens (including phenoxy) is 1. The van der Waals surface area contributed by atoms with Crippen LogP contribution in [0.3, 0.4) is 0 Å². The molecule has 0 aromatic heterocycles. The van der Waals surface area contributed by atoms with E-state index in [0.29, 0.717) is 22.6 Å². The third-order valence-electron chi connectivity index (χ3n) is 3.70. The summed E-state index contributed by atoms with van der Waals surface area (Å²) in [4.78, 5) is 23.4. The van der Waals surface area contributed by atoms with Crippen LogP contribution in [0.4, 0.5) is 0 Å². The van der Waals surface area contributed by atoms with Crippen molar-refractivity contribution >= 4 is 11.6 Å². The van der Waals surface area contributed by atoms with E-state index >= 15 is 0 Å². The van der Waals surface area contributed by atoms with Gasteiger partial charge in [-0.25, -0.2) is 0 Å². The second kappa shape index (κ2) is 6.37. The van der Waals surface area contributed by atoms with Crippen molar-refractivity contribution in [2.75, 3.05) is 0 Å². The van der Waals surface area contributed by atoms with Crippen molar-refractivity contribution in [3.05, 3.63) is 59.2 Å². The molecule has 3 nitrogen and oxygen atoms in total. The van der Waals surface area contributed by atoms with Crippen molar-refractivity contribution < 1.29 is 14.3 Å². The van der Waals surface area contributed by atoms with Gasteiger partial charge in [0, 0.05) is 5.56 Å². The van der Waals surface area contributed by atoms with Crippen LogP contribution in [-0.4, -0.2) is 11.6 Å². The molecule has 2 aromatic carbocycles. The molecule has 3 heteroatoms. The Kier molecular flexibility index (Phi) is 4.69. The normalized spacial score (nSPS) is 11.2. The molecule has 2 rings (SSSR count). The summed E-state index contributed by atoms with van der Waals surface area (Å²) in [6.07, 6.45) is 0. The van der Waals surface area contributed by atoms with E-state index in [4.69, 9.17) is 4.74 Å². The van der Waals surface area contributed by atoms with Crippen molar-refractivity contribution in [1.29, 1.82) is 0 Å². The van der Waals surface area contributed by atoms with Gasteiger partial charge in [-0.1, -0.05) is 39.0 Å². The highest BCUT2D eigenvalue weighted by molar-refractivity contribution is 5.97. The van der Waals surface area contributed by atoms with Gasteiger partial charge in [0.1, 0.15) is 11.5 Å². The summed E-state index contributed by atoms with van der Waals surface area (Å²) in [5, 5.41) is 0. The van der Waals surface area contributed by atoms with Gasteiger partial charge in [0.05, 0.1) is 5.56 Å². The third-order valence-corrected chi connectivity index (χ3v) is 3.70. The topological polar surface area (TPSA) is 43.4 Å². The van der Waals surface area contributed by atoms with Gasteiger partial charge in [0.15, 0.2) is 11.6 Å². The molecule has 0 atom stereocenters. The van der Waals surface area contributed by atoms with E-state index in [2.05, 4.69) is 20.8 Å². The summed E-state index contributed by atoms with van der Waals surface area (Å²) < 4.78 is 5.92. The van der Waals surface area contributed by atoms with E-state index in [1.807, 2.05) is 12.1 Å². The summed E-state index contributed by atoms with van der Waals surface area (Å²) in [6, 6.07) is 12.6. The van der Waals surface area contributed by atoms with Crippen LogP contribution >= 0.6 is 0 Å². The molecule has 0 N–H and O–H groups in total. The largest absolute Gasteiger partial charge is 0.457 e. The molecule has 0 spiro atoms. The Balaban J connectivity index is 2.46. The fourth-order valence-corrected chi connectivity index (χ4v) is 2.27. The summed E-state index contributed by atoms with van der Waals surface area (Å²) in [5.74, 6) is 0.991. The molecule has 0 aliphatic heterocycles. The zero-order valence-electron chi connectivity index (χ0n) is 14.3. The molecule has 23 heavy (non-hydrogen) atoms. The van der Waals surface area contributed by atoms with Crippen molar-refractivity contribution in [1.82, 2.24) is 0 Å². The molecule has 0 radical (unpaired) electrons. The molecule has 0 bridgehead atoms. The Bertz CT molecular complexity index is 752. The van der Waals surface area contributed by atoms with E-state index in [9.17, 15) is 9.59 Å². The minimum atomic E-state index is -0.0526. The first-order valence-corrected chi connectivity index (χ1v) is 7.63. The number of ketones is 2. The highest BCUT2D eigenvalue weighted by atomic mass is 16.5. The predicted octanol–water partition coefficient (Wildman–Crippen LogP) is 5.18. The van der Waals surface area contributed by atoms with E-state index in [1.165, 1.54) is 13.8 Å². The fraction of sp³-hybridized carbons (Fsp3) is 0.300. The number of hydrogen-bond acceptors (Lipinski definition) is 3. The van der Waals surface area contributed by atoms with E-state index in [0.717, 1.165) is 5.56 Å². The van der Waals surface area contributed by atoms with Gasteiger partial charge in [-0.05, 0) is 49.1 Å². The van der Waals surface area contributed by atoms with Gasteiger partial charge in [-0.2, -0.15) is 0 Å². The molecule has 0 aliphatic rings. The van der Waals surface area contributed by atoms with Crippen LogP contribution in [-0.2, 0) is 5.41 Å². The highest BCUT2D eigenvalue weighted by Crippen LogP contribution is 2.32. The Morgan fingerprint density at radius 1 is 0.913 bits per heavy atom. The molecule has 0 saturated heterocycles. The number of carbonyl (C=O) groups is 2. The Morgan fingerprint density at radius 3 is 2.17 bits per heavy atom. The zero-order valence-corrected chi connectivity index (χ0v) is 14.3. The standard InChI is InChI=1S/C20H22O3/c1-13(21)15-7-6-8-17(11-15)23-19-12-16(20(3,4)5)9-10-18(19)14(2)22/h6-12H,1-5H3.